The van der Waals surface area contributed by atoms with Crippen molar-refractivity contribution in [1.82, 2.24) is 15.2 Å². The van der Waals surface area contributed by atoms with Crippen LogP contribution in [0.1, 0.15) is 12.0 Å². The lowest BCUT2D eigenvalue weighted by Gasteiger charge is -2.48. The van der Waals surface area contributed by atoms with E-state index in [9.17, 15) is 4.39 Å². The van der Waals surface area contributed by atoms with E-state index < -0.39 is 6.17 Å². The summed E-state index contributed by atoms with van der Waals surface area (Å²) in [6.07, 6.45) is 2.05. The number of aromatic amines is 1. The first-order valence-corrected chi connectivity index (χ1v) is 7.99. The number of hydrogen-bond donors (Lipinski definition) is 2. The van der Waals surface area contributed by atoms with Crippen LogP contribution in [0.25, 0.3) is 10.9 Å². The molecule has 2 saturated heterocycles. The fourth-order valence-corrected chi connectivity index (χ4v) is 3.59. The average molecular weight is 303 g/mol. The zero-order valence-electron chi connectivity index (χ0n) is 12.6. The molecule has 0 radical (unpaired) electrons. The van der Waals surface area contributed by atoms with Crippen LogP contribution in [0.3, 0.4) is 0 Å². The van der Waals surface area contributed by atoms with E-state index in [1.165, 1.54) is 16.5 Å². The molecule has 118 valence electrons. The summed E-state index contributed by atoms with van der Waals surface area (Å²) in [5.74, 6) is 0. The minimum Gasteiger partial charge on any atom is -0.377 e. The third-order valence-corrected chi connectivity index (χ3v) is 4.99. The molecule has 0 amide bonds. The largest absolute Gasteiger partial charge is 0.377 e. The van der Waals surface area contributed by atoms with E-state index in [0.717, 1.165) is 19.6 Å². The van der Waals surface area contributed by atoms with Gasteiger partial charge in [-0.15, -0.1) is 0 Å². The maximum Gasteiger partial charge on any atom is 0.114 e. The molecule has 2 aliphatic heterocycles. The number of hydrogen-bond acceptors (Lipinski definition) is 3. The number of para-hydroxylation sites is 1. The summed E-state index contributed by atoms with van der Waals surface area (Å²) in [6, 6.07) is 8.33. The number of benzene rings is 1. The first kappa shape index (κ1) is 14.2. The van der Waals surface area contributed by atoms with E-state index in [1.807, 2.05) is 6.07 Å². The lowest BCUT2D eigenvalue weighted by atomic mass is 9.95. The number of rotatable bonds is 5. The zero-order chi connectivity index (χ0) is 15.0. The molecule has 2 N–H and O–H groups in total. The maximum absolute atomic E-state index is 13.5. The van der Waals surface area contributed by atoms with Gasteiger partial charge in [-0.05, 0) is 18.1 Å². The molecular formula is C17H22FN3O. The second kappa shape index (κ2) is 5.65. The third-order valence-electron chi connectivity index (χ3n) is 4.99. The zero-order valence-corrected chi connectivity index (χ0v) is 12.6. The number of aromatic nitrogens is 1. The van der Waals surface area contributed by atoms with Crippen LogP contribution < -0.4 is 5.32 Å². The Labute approximate surface area is 129 Å². The molecule has 1 aromatic carbocycles. The Morgan fingerprint density at radius 1 is 1.36 bits per heavy atom. The molecule has 3 heterocycles. The Kier molecular flexibility index (Phi) is 3.64. The number of ether oxygens (including phenoxy) is 1. The van der Waals surface area contributed by atoms with Crippen molar-refractivity contribution in [2.24, 2.45) is 0 Å². The summed E-state index contributed by atoms with van der Waals surface area (Å²) >= 11 is 0. The van der Waals surface area contributed by atoms with Gasteiger partial charge in [-0.25, -0.2) is 4.39 Å². The van der Waals surface area contributed by atoms with E-state index in [0.29, 0.717) is 26.2 Å². The van der Waals surface area contributed by atoms with Gasteiger partial charge >= 0.3 is 0 Å². The molecule has 0 spiro atoms. The smallest absolute Gasteiger partial charge is 0.114 e. The number of alkyl halides is 1. The number of fused-ring (bicyclic) bond motifs is 1. The van der Waals surface area contributed by atoms with Crippen molar-refractivity contribution in [1.29, 1.82) is 0 Å². The number of nitrogens with one attached hydrogen (secondary N) is 2. The monoisotopic (exact) mass is 303 g/mol. The Morgan fingerprint density at radius 3 is 2.95 bits per heavy atom. The van der Waals surface area contributed by atoms with Gasteiger partial charge in [0.25, 0.3) is 0 Å². The van der Waals surface area contributed by atoms with Gasteiger partial charge < -0.3 is 15.0 Å². The highest BCUT2D eigenvalue weighted by Gasteiger charge is 2.46. The van der Waals surface area contributed by atoms with Gasteiger partial charge in [-0.1, -0.05) is 18.2 Å². The first-order chi connectivity index (χ1) is 10.8. The van der Waals surface area contributed by atoms with Crippen molar-refractivity contribution in [2.45, 2.75) is 24.7 Å². The first-order valence-electron chi connectivity index (χ1n) is 7.99. The van der Waals surface area contributed by atoms with Crippen LogP contribution in [0.15, 0.2) is 30.5 Å². The van der Waals surface area contributed by atoms with E-state index >= 15 is 0 Å². The van der Waals surface area contributed by atoms with E-state index in [2.05, 4.69) is 39.6 Å². The Balaban J connectivity index is 1.39. The standard InChI is InChI=1S/C17H22FN3O/c18-14-5-6-21(9-14)17(11-22-12-17)10-19-7-13-8-20-16-4-2-1-3-15(13)16/h1-4,8,14,19-20H,5-7,9-12H2. The number of likely N-dealkylation sites (tertiary alicyclic amines) is 1. The lowest BCUT2D eigenvalue weighted by Crippen LogP contribution is -2.66. The predicted octanol–water partition coefficient (Wildman–Crippen LogP) is 2.07. The molecule has 2 aromatic rings. The molecule has 2 fully saturated rings. The fourth-order valence-electron chi connectivity index (χ4n) is 3.59. The summed E-state index contributed by atoms with van der Waals surface area (Å²) in [5.41, 5.74) is 2.43. The molecule has 1 aromatic heterocycles. The lowest BCUT2D eigenvalue weighted by molar-refractivity contribution is -0.133. The third kappa shape index (κ3) is 2.43. The van der Waals surface area contributed by atoms with Crippen LogP contribution in [0.5, 0.6) is 0 Å². The van der Waals surface area contributed by atoms with Crippen LogP contribution >= 0.6 is 0 Å². The Bertz CT molecular complexity index is 652. The van der Waals surface area contributed by atoms with Gasteiger partial charge in [0, 0.05) is 43.3 Å². The van der Waals surface area contributed by atoms with Crippen LogP contribution in [0.4, 0.5) is 4.39 Å². The van der Waals surface area contributed by atoms with Crippen molar-refractivity contribution < 1.29 is 9.13 Å². The number of halogens is 1. The van der Waals surface area contributed by atoms with Gasteiger partial charge in [-0.3, -0.25) is 4.90 Å². The molecule has 1 unspecified atom stereocenters. The minimum absolute atomic E-state index is 0.00699. The molecule has 1 atom stereocenters. The second-order valence-corrected chi connectivity index (χ2v) is 6.51. The van der Waals surface area contributed by atoms with Crippen LogP contribution in [-0.4, -0.2) is 54.4 Å². The van der Waals surface area contributed by atoms with E-state index in [4.69, 9.17) is 4.74 Å². The van der Waals surface area contributed by atoms with Crippen molar-refractivity contribution in [3.8, 4) is 0 Å². The number of H-pyrrole nitrogens is 1. The fraction of sp³-hybridized carbons (Fsp3) is 0.529. The highest BCUT2D eigenvalue weighted by Crippen LogP contribution is 2.29. The molecule has 0 aliphatic carbocycles. The molecule has 5 heteroatoms. The van der Waals surface area contributed by atoms with Gasteiger partial charge in [-0.2, -0.15) is 0 Å². The SMILES string of the molecule is FC1CCN(C2(CNCc3c[nH]c4ccccc34)COC2)C1. The quantitative estimate of drug-likeness (QED) is 0.888. The van der Waals surface area contributed by atoms with E-state index in [1.54, 1.807) is 0 Å². The minimum atomic E-state index is -0.675. The van der Waals surface area contributed by atoms with Gasteiger partial charge in [0.15, 0.2) is 0 Å². The molecule has 0 bridgehead atoms. The van der Waals surface area contributed by atoms with Gasteiger partial charge in [0.2, 0.25) is 0 Å². The molecule has 2 aliphatic rings. The maximum atomic E-state index is 13.5. The molecule has 4 nitrogen and oxygen atoms in total. The summed E-state index contributed by atoms with van der Waals surface area (Å²) in [7, 11) is 0. The second-order valence-electron chi connectivity index (χ2n) is 6.51. The van der Waals surface area contributed by atoms with Gasteiger partial charge in [0.1, 0.15) is 6.17 Å². The molecule has 0 saturated carbocycles. The van der Waals surface area contributed by atoms with Crippen molar-refractivity contribution >= 4 is 10.9 Å². The van der Waals surface area contributed by atoms with Crippen LogP contribution in [-0.2, 0) is 11.3 Å². The topological polar surface area (TPSA) is 40.3 Å². The highest BCUT2D eigenvalue weighted by atomic mass is 19.1. The molecule has 4 rings (SSSR count). The predicted molar refractivity (Wildman–Crippen MR) is 84.6 cm³/mol. The summed E-state index contributed by atoms with van der Waals surface area (Å²) in [5, 5.41) is 4.81. The molecular weight excluding hydrogens is 281 g/mol. The normalized spacial score (nSPS) is 24.7. The van der Waals surface area contributed by atoms with E-state index in [-0.39, 0.29) is 5.54 Å². The summed E-state index contributed by atoms with van der Waals surface area (Å²) < 4.78 is 18.9. The van der Waals surface area contributed by atoms with Crippen molar-refractivity contribution in [3.05, 3.63) is 36.0 Å². The summed E-state index contributed by atoms with van der Waals surface area (Å²) in [4.78, 5) is 5.57. The number of nitrogens with zero attached hydrogens (tertiary/aromatic N) is 1. The van der Waals surface area contributed by atoms with Crippen molar-refractivity contribution in [2.75, 3.05) is 32.8 Å². The highest BCUT2D eigenvalue weighted by molar-refractivity contribution is 5.82. The Hall–Kier alpha value is -1.43. The van der Waals surface area contributed by atoms with Gasteiger partial charge in [0.05, 0.1) is 18.8 Å². The van der Waals surface area contributed by atoms with Crippen LogP contribution in [0.2, 0.25) is 0 Å². The van der Waals surface area contributed by atoms with Crippen molar-refractivity contribution in [3.63, 3.8) is 0 Å². The molecule has 22 heavy (non-hydrogen) atoms. The average Bonchev–Trinajstić information content (AvgIpc) is 3.09. The Morgan fingerprint density at radius 2 is 2.23 bits per heavy atom. The van der Waals surface area contributed by atoms with Crippen LogP contribution in [0, 0.1) is 0 Å². The summed E-state index contributed by atoms with van der Waals surface area (Å²) in [6.45, 7) is 4.48.